The summed E-state index contributed by atoms with van der Waals surface area (Å²) in [6.45, 7) is 0. The van der Waals surface area contributed by atoms with Gasteiger partial charge in [-0.3, -0.25) is 4.84 Å². The molecule has 0 aliphatic rings. The molecular weight excluding hydrogens is 243 g/mol. The molecule has 15 heavy (non-hydrogen) atoms. The molecule has 0 heterocycles. The smallest absolute Gasteiger partial charge is 0.358 e. The van der Waals surface area contributed by atoms with Gasteiger partial charge in [0.1, 0.15) is 0 Å². The van der Waals surface area contributed by atoms with E-state index in [2.05, 4.69) is 4.84 Å². The Morgan fingerprint density at radius 1 is 1.53 bits per heavy atom. The van der Waals surface area contributed by atoms with Crippen LogP contribution in [0, 0.1) is 0 Å². The zero-order valence-electron chi connectivity index (χ0n) is 7.41. The predicted octanol–water partition coefficient (Wildman–Crippen LogP) is 1.29. The standard InChI is InChI=1S/C8H8Cl2N2O3/c9-5-3-1-2-4(6(5)11)8(10,15-12)7(13)14/h1-3H,11-12H2,(H,13,14). The zero-order valence-corrected chi connectivity index (χ0v) is 8.92. The topological polar surface area (TPSA) is 98.6 Å². The van der Waals surface area contributed by atoms with Crippen molar-refractivity contribution in [3.05, 3.63) is 28.8 Å². The van der Waals surface area contributed by atoms with Crippen LogP contribution in [0.5, 0.6) is 0 Å². The van der Waals surface area contributed by atoms with E-state index in [1.54, 1.807) is 0 Å². The van der Waals surface area contributed by atoms with Crippen LogP contribution < -0.4 is 11.6 Å². The Morgan fingerprint density at radius 3 is 2.60 bits per heavy atom. The molecule has 0 radical (unpaired) electrons. The maximum Gasteiger partial charge on any atom is 0.358 e. The van der Waals surface area contributed by atoms with E-state index < -0.39 is 11.0 Å². The molecule has 7 heteroatoms. The van der Waals surface area contributed by atoms with Crippen LogP contribution in [0.3, 0.4) is 0 Å². The molecule has 0 fully saturated rings. The molecule has 0 spiro atoms. The molecule has 1 rings (SSSR count). The van der Waals surface area contributed by atoms with Crippen molar-refractivity contribution in [2.24, 2.45) is 5.90 Å². The third kappa shape index (κ3) is 2.00. The quantitative estimate of drug-likeness (QED) is 0.427. The summed E-state index contributed by atoms with van der Waals surface area (Å²) < 4.78 is 0. The van der Waals surface area contributed by atoms with Crippen molar-refractivity contribution < 1.29 is 14.7 Å². The van der Waals surface area contributed by atoms with Crippen LogP contribution in [-0.2, 0) is 14.7 Å². The minimum absolute atomic E-state index is 0.00772. The number of rotatable bonds is 3. The number of carboxylic acid groups (broad SMARTS) is 1. The molecule has 5 nitrogen and oxygen atoms in total. The molecule has 0 saturated heterocycles. The lowest BCUT2D eigenvalue weighted by Gasteiger charge is -2.21. The van der Waals surface area contributed by atoms with Crippen molar-refractivity contribution in [2.45, 2.75) is 5.06 Å². The van der Waals surface area contributed by atoms with Crippen LogP contribution in [0.4, 0.5) is 5.69 Å². The number of anilines is 1. The first-order valence-corrected chi connectivity index (χ1v) is 4.53. The lowest BCUT2D eigenvalue weighted by molar-refractivity contribution is -0.156. The fourth-order valence-corrected chi connectivity index (χ4v) is 1.39. The van der Waals surface area contributed by atoms with Crippen LogP contribution >= 0.6 is 23.2 Å². The Bertz CT molecular complexity index is 399. The molecule has 1 aromatic carbocycles. The van der Waals surface area contributed by atoms with E-state index >= 15 is 0 Å². The maximum atomic E-state index is 10.9. The number of benzene rings is 1. The average Bonchev–Trinajstić information content (AvgIpc) is 2.20. The SMILES string of the molecule is NOC(Cl)(C(=O)O)c1cccc(Cl)c1N. The van der Waals surface area contributed by atoms with Gasteiger partial charge in [-0.1, -0.05) is 35.3 Å². The number of halogens is 2. The normalized spacial score (nSPS) is 14.6. The van der Waals surface area contributed by atoms with Crippen molar-refractivity contribution in [1.82, 2.24) is 0 Å². The Hall–Kier alpha value is -1.01. The van der Waals surface area contributed by atoms with Crippen molar-refractivity contribution in [3.8, 4) is 0 Å². The molecule has 1 unspecified atom stereocenters. The number of hydrogen-bond acceptors (Lipinski definition) is 4. The molecule has 0 aliphatic carbocycles. The van der Waals surface area contributed by atoms with Crippen molar-refractivity contribution in [2.75, 3.05) is 5.73 Å². The van der Waals surface area contributed by atoms with E-state index in [-0.39, 0.29) is 16.3 Å². The Labute approximate surface area is 95.5 Å². The third-order valence-electron chi connectivity index (χ3n) is 1.84. The van der Waals surface area contributed by atoms with Crippen molar-refractivity contribution in [1.29, 1.82) is 0 Å². The summed E-state index contributed by atoms with van der Waals surface area (Å²) in [5.74, 6) is 3.38. The zero-order chi connectivity index (χ0) is 11.6. The summed E-state index contributed by atoms with van der Waals surface area (Å²) in [6, 6.07) is 4.36. The van der Waals surface area contributed by atoms with Crippen LogP contribution in [0.2, 0.25) is 5.02 Å². The summed E-state index contributed by atoms with van der Waals surface area (Å²) in [5.41, 5.74) is 5.57. The Kier molecular flexibility index (Phi) is 3.41. The van der Waals surface area contributed by atoms with Gasteiger partial charge in [-0.2, -0.15) is 0 Å². The van der Waals surface area contributed by atoms with Gasteiger partial charge in [-0.15, -0.1) is 0 Å². The number of alkyl halides is 1. The second-order valence-electron chi connectivity index (χ2n) is 2.72. The fourth-order valence-electron chi connectivity index (χ4n) is 1.05. The van der Waals surface area contributed by atoms with Crippen LogP contribution in [0.25, 0.3) is 0 Å². The number of hydrogen-bond donors (Lipinski definition) is 3. The second-order valence-corrected chi connectivity index (χ2v) is 3.66. The van der Waals surface area contributed by atoms with Crippen LogP contribution in [0.1, 0.15) is 5.56 Å². The molecule has 0 saturated carbocycles. The molecule has 1 aromatic rings. The lowest BCUT2D eigenvalue weighted by atomic mass is 10.1. The molecule has 0 aliphatic heterocycles. The van der Waals surface area contributed by atoms with E-state index in [1.165, 1.54) is 18.2 Å². The van der Waals surface area contributed by atoms with E-state index in [4.69, 9.17) is 39.9 Å². The molecule has 1 atom stereocenters. The second kappa shape index (κ2) is 4.24. The third-order valence-corrected chi connectivity index (χ3v) is 2.62. The van der Waals surface area contributed by atoms with Gasteiger partial charge >= 0.3 is 5.97 Å². The first-order valence-electron chi connectivity index (χ1n) is 3.78. The number of nitrogen functional groups attached to an aromatic ring is 1. The molecule has 0 aromatic heterocycles. The van der Waals surface area contributed by atoms with Gasteiger partial charge in [-0.25, -0.2) is 10.7 Å². The summed E-state index contributed by atoms with van der Waals surface area (Å²) in [7, 11) is 0. The van der Waals surface area contributed by atoms with Crippen LogP contribution in [0.15, 0.2) is 18.2 Å². The number of carboxylic acids is 1. The van der Waals surface area contributed by atoms with E-state index in [0.29, 0.717) is 0 Å². The minimum Gasteiger partial charge on any atom is -0.478 e. The maximum absolute atomic E-state index is 10.9. The van der Waals surface area contributed by atoms with Gasteiger partial charge < -0.3 is 10.8 Å². The van der Waals surface area contributed by atoms with Crippen LogP contribution in [-0.4, -0.2) is 11.1 Å². The largest absolute Gasteiger partial charge is 0.478 e. The summed E-state index contributed by atoms with van der Waals surface area (Å²) in [5, 5.41) is 6.82. The van der Waals surface area contributed by atoms with Crippen molar-refractivity contribution >= 4 is 34.9 Å². The summed E-state index contributed by atoms with van der Waals surface area (Å²) in [4.78, 5) is 15.1. The molecule has 0 bridgehead atoms. The van der Waals surface area contributed by atoms with Gasteiger partial charge in [0.2, 0.25) is 0 Å². The van der Waals surface area contributed by atoms with Crippen molar-refractivity contribution in [3.63, 3.8) is 0 Å². The lowest BCUT2D eigenvalue weighted by Crippen LogP contribution is -2.36. The highest BCUT2D eigenvalue weighted by Crippen LogP contribution is 2.36. The average molecular weight is 251 g/mol. The van der Waals surface area contributed by atoms with Gasteiger partial charge in [0, 0.05) is 5.56 Å². The first kappa shape index (κ1) is 12.1. The molecule has 82 valence electrons. The number of aliphatic carboxylic acids is 1. The molecular formula is C8H8Cl2N2O3. The fraction of sp³-hybridized carbons (Fsp3) is 0.125. The highest BCUT2D eigenvalue weighted by molar-refractivity contribution is 6.35. The number of carbonyl (C=O) groups is 1. The van der Waals surface area contributed by atoms with Gasteiger partial charge in [0.05, 0.1) is 10.7 Å². The summed E-state index contributed by atoms with van der Waals surface area (Å²) in [6.07, 6.45) is 0. The monoisotopic (exact) mass is 250 g/mol. The Morgan fingerprint density at radius 2 is 2.13 bits per heavy atom. The van der Waals surface area contributed by atoms with E-state index in [9.17, 15) is 4.79 Å². The van der Waals surface area contributed by atoms with Gasteiger partial charge in [0.25, 0.3) is 5.06 Å². The predicted molar refractivity (Wildman–Crippen MR) is 56.3 cm³/mol. The van der Waals surface area contributed by atoms with E-state index in [1.807, 2.05) is 0 Å². The first-order chi connectivity index (χ1) is 6.93. The van der Waals surface area contributed by atoms with E-state index in [0.717, 1.165) is 0 Å². The highest BCUT2D eigenvalue weighted by atomic mass is 35.5. The Balaban J connectivity index is 3.37. The minimum atomic E-state index is -2.23. The highest BCUT2D eigenvalue weighted by Gasteiger charge is 2.41. The number of para-hydroxylation sites is 1. The molecule has 0 amide bonds. The van der Waals surface area contributed by atoms with Gasteiger partial charge in [-0.05, 0) is 6.07 Å². The molecule has 5 N–H and O–H groups in total. The van der Waals surface area contributed by atoms with Gasteiger partial charge in [0.15, 0.2) is 0 Å². The summed E-state index contributed by atoms with van der Waals surface area (Å²) >= 11 is 11.4. The number of nitrogens with two attached hydrogens (primary N) is 2.